The Morgan fingerprint density at radius 3 is 2.00 bits per heavy atom. The van der Waals surface area contributed by atoms with Gasteiger partial charge in [-0.3, -0.25) is 0 Å². The van der Waals surface area contributed by atoms with Crippen LogP contribution in [0.5, 0.6) is 0 Å². The SMILES string of the molecule is C=C=C(C)N(C)C. The van der Waals surface area contributed by atoms with Gasteiger partial charge in [0.15, 0.2) is 0 Å². The van der Waals surface area contributed by atoms with E-state index in [0.29, 0.717) is 0 Å². The van der Waals surface area contributed by atoms with E-state index in [2.05, 4.69) is 12.3 Å². The van der Waals surface area contributed by atoms with Crippen LogP contribution >= 0.6 is 0 Å². The molecule has 0 bridgehead atoms. The van der Waals surface area contributed by atoms with Gasteiger partial charge in [0.05, 0.1) is 5.70 Å². The summed E-state index contributed by atoms with van der Waals surface area (Å²) in [6, 6.07) is 0. The topological polar surface area (TPSA) is 3.24 Å². The summed E-state index contributed by atoms with van der Waals surface area (Å²) in [5.41, 5.74) is 3.83. The van der Waals surface area contributed by atoms with E-state index >= 15 is 0 Å². The highest BCUT2D eigenvalue weighted by Gasteiger charge is 1.82. The number of nitrogens with zero attached hydrogens (tertiary/aromatic N) is 1. The first kappa shape index (κ1) is 6.32. The molecule has 0 aromatic heterocycles. The molecule has 0 aromatic carbocycles. The lowest BCUT2D eigenvalue weighted by Gasteiger charge is -2.07. The molecule has 0 radical (unpaired) electrons. The monoisotopic (exact) mass is 97.1 g/mol. The minimum atomic E-state index is 1.07. The Kier molecular flexibility index (Phi) is 2.24. The second kappa shape index (κ2) is 2.49. The maximum Gasteiger partial charge on any atom is 0.0521 e. The van der Waals surface area contributed by atoms with E-state index in [1.54, 1.807) is 0 Å². The highest BCUT2D eigenvalue weighted by Crippen LogP contribution is 1.89. The summed E-state index contributed by atoms with van der Waals surface area (Å²) in [5.74, 6) is 0. The fourth-order valence-corrected chi connectivity index (χ4v) is 0.158. The van der Waals surface area contributed by atoms with Gasteiger partial charge in [-0.2, -0.15) is 0 Å². The van der Waals surface area contributed by atoms with E-state index in [4.69, 9.17) is 0 Å². The van der Waals surface area contributed by atoms with Crippen molar-refractivity contribution in [3.8, 4) is 0 Å². The van der Waals surface area contributed by atoms with Crippen molar-refractivity contribution < 1.29 is 0 Å². The molecule has 7 heavy (non-hydrogen) atoms. The third-order valence-corrected chi connectivity index (χ3v) is 0.927. The molecule has 0 aliphatic rings. The number of rotatable bonds is 1. The van der Waals surface area contributed by atoms with Gasteiger partial charge in [0.2, 0.25) is 0 Å². The van der Waals surface area contributed by atoms with Crippen LogP contribution in [0.25, 0.3) is 0 Å². The predicted octanol–water partition coefficient (Wildman–Crippen LogP) is 1.24. The van der Waals surface area contributed by atoms with Gasteiger partial charge in [0, 0.05) is 14.1 Å². The van der Waals surface area contributed by atoms with Crippen LogP contribution < -0.4 is 0 Å². The average molecular weight is 97.2 g/mol. The lowest BCUT2D eigenvalue weighted by atomic mass is 10.5. The van der Waals surface area contributed by atoms with Crippen LogP contribution in [0.4, 0.5) is 0 Å². The van der Waals surface area contributed by atoms with Gasteiger partial charge in [-0.25, -0.2) is 0 Å². The molecule has 1 nitrogen and oxygen atoms in total. The molecular formula is C6H11N. The second-order valence-electron chi connectivity index (χ2n) is 1.66. The Morgan fingerprint density at radius 2 is 2.00 bits per heavy atom. The van der Waals surface area contributed by atoms with Crippen LogP contribution in [0.1, 0.15) is 6.92 Å². The van der Waals surface area contributed by atoms with Crippen LogP contribution in [-0.2, 0) is 0 Å². The van der Waals surface area contributed by atoms with E-state index in [0.717, 1.165) is 5.70 Å². The predicted molar refractivity (Wildman–Crippen MR) is 32.0 cm³/mol. The summed E-state index contributed by atoms with van der Waals surface area (Å²) in [6.45, 7) is 5.44. The summed E-state index contributed by atoms with van der Waals surface area (Å²) in [4.78, 5) is 1.97. The quantitative estimate of drug-likeness (QED) is 0.445. The van der Waals surface area contributed by atoms with E-state index in [-0.39, 0.29) is 0 Å². The highest BCUT2D eigenvalue weighted by atomic mass is 15.1. The van der Waals surface area contributed by atoms with Crippen LogP contribution in [0.3, 0.4) is 0 Å². The van der Waals surface area contributed by atoms with Gasteiger partial charge in [-0.05, 0) is 6.92 Å². The van der Waals surface area contributed by atoms with Gasteiger partial charge < -0.3 is 4.90 Å². The van der Waals surface area contributed by atoms with E-state index in [1.165, 1.54) is 0 Å². The zero-order valence-electron chi connectivity index (χ0n) is 5.15. The zero-order chi connectivity index (χ0) is 5.86. The van der Waals surface area contributed by atoms with Crippen LogP contribution in [0.2, 0.25) is 0 Å². The van der Waals surface area contributed by atoms with Crippen molar-refractivity contribution in [2.75, 3.05) is 14.1 Å². The van der Waals surface area contributed by atoms with Crippen molar-refractivity contribution in [3.63, 3.8) is 0 Å². The minimum Gasteiger partial charge on any atom is -0.375 e. The molecule has 0 rings (SSSR count). The lowest BCUT2D eigenvalue weighted by molar-refractivity contribution is 0.515. The Morgan fingerprint density at radius 1 is 1.57 bits per heavy atom. The molecule has 0 saturated heterocycles. The van der Waals surface area contributed by atoms with Crippen molar-refractivity contribution in [3.05, 3.63) is 18.0 Å². The van der Waals surface area contributed by atoms with E-state index in [9.17, 15) is 0 Å². The first-order chi connectivity index (χ1) is 3.18. The molecule has 40 valence electrons. The molecule has 0 saturated carbocycles. The van der Waals surface area contributed by atoms with E-state index < -0.39 is 0 Å². The second-order valence-corrected chi connectivity index (χ2v) is 1.66. The minimum absolute atomic E-state index is 1.07. The van der Waals surface area contributed by atoms with Crippen molar-refractivity contribution in [2.45, 2.75) is 6.92 Å². The molecule has 0 amide bonds. The maximum atomic E-state index is 3.48. The third-order valence-electron chi connectivity index (χ3n) is 0.927. The highest BCUT2D eigenvalue weighted by molar-refractivity contribution is 4.90. The third kappa shape index (κ3) is 2.07. The van der Waals surface area contributed by atoms with Crippen LogP contribution in [0.15, 0.2) is 18.0 Å². The average Bonchev–Trinajstić information content (AvgIpc) is 1.65. The smallest absolute Gasteiger partial charge is 0.0521 e. The normalized spacial score (nSPS) is 7.29. The summed E-state index contributed by atoms with van der Waals surface area (Å²) < 4.78 is 0. The molecule has 0 N–H and O–H groups in total. The molecule has 0 aliphatic carbocycles. The molecule has 0 fully saturated rings. The summed E-state index contributed by atoms with van der Waals surface area (Å²) in [5, 5.41) is 0. The molecule has 0 unspecified atom stereocenters. The number of allylic oxidation sites excluding steroid dienone is 1. The van der Waals surface area contributed by atoms with Crippen molar-refractivity contribution in [1.29, 1.82) is 0 Å². The van der Waals surface area contributed by atoms with Gasteiger partial charge >= 0.3 is 0 Å². The summed E-state index contributed by atoms with van der Waals surface area (Å²) in [6.07, 6.45) is 0. The molecule has 0 heterocycles. The largest absolute Gasteiger partial charge is 0.375 e. The van der Waals surface area contributed by atoms with Gasteiger partial charge in [0.1, 0.15) is 0 Å². The zero-order valence-corrected chi connectivity index (χ0v) is 5.15. The number of hydrogen-bond donors (Lipinski definition) is 0. The summed E-state index contributed by atoms with van der Waals surface area (Å²) >= 11 is 0. The standard InChI is InChI=1S/C6H11N/c1-5-6(2)7(3)4/h1H2,2-4H3. The van der Waals surface area contributed by atoms with Crippen LogP contribution in [-0.4, -0.2) is 19.0 Å². The lowest BCUT2D eigenvalue weighted by Crippen LogP contribution is -2.06. The molecule has 1 heteroatoms. The Labute approximate surface area is 44.9 Å². The molecule has 0 aliphatic heterocycles. The van der Waals surface area contributed by atoms with Crippen LogP contribution in [0, 0.1) is 0 Å². The molecule has 0 atom stereocenters. The summed E-state index contributed by atoms with van der Waals surface area (Å²) in [7, 11) is 3.93. The van der Waals surface area contributed by atoms with Crippen molar-refractivity contribution in [1.82, 2.24) is 4.90 Å². The molecule has 0 spiro atoms. The first-order valence-electron chi connectivity index (χ1n) is 2.22. The molecular weight excluding hydrogens is 86.1 g/mol. The fourth-order valence-electron chi connectivity index (χ4n) is 0.158. The maximum absolute atomic E-state index is 3.48. The van der Waals surface area contributed by atoms with Crippen molar-refractivity contribution >= 4 is 0 Å². The van der Waals surface area contributed by atoms with E-state index in [1.807, 2.05) is 25.9 Å². The fraction of sp³-hybridized carbons (Fsp3) is 0.500. The van der Waals surface area contributed by atoms with Gasteiger partial charge in [0.25, 0.3) is 0 Å². The Bertz CT molecular complexity index is 96.7. The Hall–Kier alpha value is -0.680. The number of hydrogen-bond acceptors (Lipinski definition) is 1. The van der Waals surface area contributed by atoms with Crippen molar-refractivity contribution in [2.24, 2.45) is 0 Å². The first-order valence-corrected chi connectivity index (χ1v) is 2.22. The van der Waals surface area contributed by atoms with Gasteiger partial charge in [-0.1, -0.05) is 6.58 Å². The van der Waals surface area contributed by atoms with Gasteiger partial charge in [-0.15, -0.1) is 5.73 Å². The Balaban J connectivity index is 3.81. The molecule has 0 aromatic rings.